The molecule has 0 bridgehead atoms. The zero-order chi connectivity index (χ0) is 25.5. The Kier molecular flexibility index (Phi) is 9.48. The lowest BCUT2D eigenvalue weighted by Crippen LogP contribution is -2.40. The summed E-state index contributed by atoms with van der Waals surface area (Å²) in [6.45, 7) is 3.89. The first-order valence-electron chi connectivity index (χ1n) is 10.8. The van der Waals surface area contributed by atoms with Crippen LogP contribution in [0.15, 0.2) is 53.4 Å². The fourth-order valence-electron chi connectivity index (χ4n) is 3.15. The predicted molar refractivity (Wildman–Crippen MR) is 133 cm³/mol. The van der Waals surface area contributed by atoms with Crippen LogP contribution in [-0.4, -0.2) is 66.6 Å². The van der Waals surface area contributed by atoms with Gasteiger partial charge in [-0.15, -0.1) is 0 Å². The lowest BCUT2D eigenvalue weighted by molar-refractivity contribution is -0.119. The molecule has 0 saturated carbocycles. The average Bonchev–Trinajstić information content (AvgIpc) is 2.74. The van der Waals surface area contributed by atoms with Crippen LogP contribution in [0.3, 0.4) is 0 Å². The van der Waals surface area contributed by atoms with Gasteiger partial charge in [0.25, 0.3) is 0 Å². The smallest absolute Gasteiger partial charge is 0.242 e. The molecule has 34 heavy (non-hydrogen) atoms. The summed E-state index contributed by atoms with van der Waals surface area (Å²) in [5.41, 5.74) is 1.29. The van der Waals surface area contributed by atoms with E-state index in [1.165, 1.54) is 38.4 Å². The van der Waals surface area contributed by atoms with Gasteiger partial charge in [0.15, 0.2) is 0 Å². The predicted octanol–water partition coefficient (Wildman–Crippen LogP) is 2.24. The fourth-order valence-corrected chi connectivity index (χ4v) is 4.91. The number of nitrogens with zero attached hydrogens (tertiary/aromatic N) is 2. The molecule has 0 saturated heterocycles. The van der Waals surface area contributed by atoms with E-state index in [4.69, 9.17) is 4.74 Å². The Hall–Kier alpha value is -2.63. The van der Waals surface area contributed by atoms with E-state index in [0.717, 1.165) is 32.6 Å². The second kappa shape index (κ2) is 11.7. The van der Waals surface area contributed by atoms with Gasteiger partial charge in [-0.05, 0) is 68.7 Å². The minimum Gasteiger partial charge on any atom is -0.491 e. The Morgan fingerprint density at radius 3 is 2.24 bits per heavy atom. The molecule has 0 radical (unpaired) electrons. The standard InChI is InChI=1S/C23H33N3O6S2/c1-18(2)32-21-10-6-8-19(16-21)9-7-15-24-23(27)17-26(33(5,28)29)20-11-13-22(14-12-20)34(30,31)25(3)4/h6,8,10-14,16,18H,7,9,15,17H2,1-5H3,(H,24,27). The molecule has 0 aliphatic carbocycles. The van der Waals surface area contributed by atoms with E-state index in [-0.39, 0.29) is 16.7 Å². The van der Waals surface area contributed by atoms with E-state index in [1.54, 1.807) is 0 Å². The number of anilines is 1. The number of ether oxygens (including phenoxy) is 1. The number of carbonyl (C=O) groups excluding carboxylic acids is 1. The molecule has 0 spiro atoms. The summed E-state index contributed by atoms with van der Waals surface area (Å²) in [5.74, 6) is 0.344. The number of sulfonamides is 2. The molecule has 11 heteroatoms. The quantitative estimate of drug-likeness (QED) is 0.437. The number of amides is 1. The minimum absolute atomic E-state index is 0.0296. The van der Waals surface area contributed by atoms with Crippen molar-refractivity contribution in [2.24, 2.45) is 0 Å². The van der Waals surface area contributed by atoms with Crippen molar-refractivity contribution in [2.75, 3.05) is 37.7 Å². The van der Waals surface area contributed by atoms with Gasteiger partial charge in [0.1, 0.15) is 12.3 Å². The summed E-state index contributed by atoms with van der Waals surface area (Å²) >= 11 is 0. The van der Waals surface area contributed by atoms with Crippen LogP contribution >= 0.6 is 0 Å². The molecule has 1 amide bonds. The molecular weight excluding hydrogens is 478 g/mol. The zero-order valence-electron chi connectivity index (χ0n) is 20.2. The highest BCUT2D eigenvalue weighted by Crippen LogP contribution is 2.21. The van der Waals surface area contributed by atoms with Crippen molar-refractivity contribution in [3.63, 3.8) is 0 Å². The van der Waals surface area contributed by atoms with Gasteiger partial charge in [0.05, 0.1) is 22.9 Å². The van der Waals surface area contributed by atoms with Gasteiger partial charge in [-0.2, -0.15) is 0 Å². The molecule has 0 aliphatic rings. The Labute approximate surface area is 202 Å². The Bertz CT molecular complexity index is 1180. The van der Waals surface area contributed by atoms with Crippen molar-refractivity contribution in [1.29, 1.82) is 0 Å². The van der Waals surface area contributed by atoms with Gasteiger partial charge in [-0.1, -0.05) is 12.1 Å². The normalized spacial score (nSPS) is 12.1. The first-order valence-corrected chi connectivity index (χ1v) is 14.1. The maximum Gasteiger partial charge on any atom is 0.242 e. The highest BCUT2D eigenvalue weighted by Gasteiger charge is 2.22. The molecule has 0 fully saturated rings. The number of benzene rings is 2. The van der Waals surface area contributed by atoms with Crippen molar-refractivity contribution >= 4 is 31.6 Å². The number of hydrogen-bond donors (Lipinski definition) is 1. The lowest BCUT2D eigenvalue weighted by Gasteiger charge is -2.22. The van der Waals surface area contributed by atoms with E-state index in [2.05, 4.69) is 5.32 Å². The van der Waals surface area contributed by atoms with Crippen molar-refractivity contribution in [2.45, 2.75) is 37.7 Å². The van der Waals surface area contributed by atoms with Crippen molar-refractivity contribution in [3.8, 4) is 5.75 Å². The number of aryl methyl sites for hydroxylation is 1. The molecule has 2 rings (SSSR count). The highest BCUT2D eigenvalue weighted by atomic mass is 32.2. The molecule has 2 aromatic carbocycles. The van der Waals surface area contributed by atoms with Crippen LogP contribution in [0.4, 0.5) is 5.69 Å². The number of hydrogen-bond acceptors (Lipinski definition) is 6. The van der Waals surface area contributed by atoms with Crippen molar-refractivity contribution in [3.05, 3.63) is 54.1 Å². The van der Waals surface area contributed by atoms with Crippen LogP contribution in [0.25, 0.3) is 0 Å². The molecule has 0 aromatic heterocycles. The van der Waals surface area contributed by atoms with Crippen LogP contribution < -0.4 is 14.4 Å². The second-order valence-electron chi connectivity index (χ2n) is 8.32. The lowest BCUT2D eigenvalue weighted by atomic mass is 10.1. The van der Waals surface area contributed by atoms with E-state index < -0.39 is 32.5 Å². The van der Waals surface area contributed by atoms with E-state index in [1.807, 2.05) is 38.1 Å². The number of rotatable bonds is 12. The third kappa shape index (κ3) is 8.00. The summed E-state index contributed by atoms with van der Waals surface area (Å²) in [7, 11) is -4.60. The first-order chi connectivity index (χ1) is 15.8. The van der Waals surface area contributed by atoms with Crippen molar-refractivity contribution < 1.29 is 26.4 Å². The largest absolute Gasteiger partial charge is 0.491 e. The highest BCUT2D eigenvalue weighted by molar-refractivity contribution is 7.92. The van der Waals surface area contributed by atoms with Crippen LogP contribution in [0.2, 0.25) is 0 Å². The molecule has 188 valence electrons. The van der Waals surface area contributed by atoms with Crippen LogP contribution in [-0.2, 0) is 31.3 Å². The molecule has 0 atom stereocenters. The number of nitrogens with one attached hydrogen (secondary N) is 1. The zero-order valence-corrected chi connectivity index (χ0v) is 21.8. The van der Waals surface area contributed by atoms with Gasteiger partial charge in [0, 0.05) is 20.6 Å². The summed E-state index contributed by atoms with van der Waals surface area (Å²) in [5, 5.41) is 2.74. The molecule has 0 unspecified atom stereocenters. The molecule has 0 heterocycles. The second-order valence-corrected chi connectivity index (χ2v) is 12.4. The maximum absolute atomic E-state index is 12.4. The number of carbonyl (C=O) groups is 1. The third-order valence-corrected chi connectivity index (χ3v) is 7.80. The van der Waals surface area contributed by atoms with Gasteiger partial charge >= 0.3 is 0 Å². The monoisotopic (exact) mass is 511 g/mol. The van der Waals surface area contributed by atoms with E-state index in [0.29, 0.717) is 13.0 Å². The Morgan fingerprint density at radius 1 is 1.03 bits per heavy atom. The summed E-state index contributed by atoms with van der Waals surface area (Å²) in [6.07, 6.45) is 2.48. The van der Waals surface area contributed by atoms with E-state index in [9.17, 15) is 21.6 Å². The molecule has 1 N–H and O–H groups in total. The minimum atomic E-state index is -3.77. The molecule has 0 aliphatic heterocycles. The van der Waals surface area contributed by atoms with Gasteiger partial charge in [-0.25, -0.2) is 21.1 Å². The Morgan fingerprint density at radius 2 is 1.68 bits per heavy atom. The Balaban J connectivity index is 1.97. The molecule has 9 nitrogen and oxygen atoms in total. The third-order valence-electron chi connectivity index (χ3n) is 4.83. The van der Waals surface area contributed by atoms with Gasteiger partial charge in [0.2, 0.25) is 26.0 Å². The van der Waals surface area contributed by atoms with Crippen LogP contribution in [0.1, 0.15) is 25.8 Å². The fraction of sp³-hybridized carbons (Fsp3) is 0.435. The average molecular weight is 512 g/mol. The summed E-state index contributed by atoms with van der Waals surface area (Å²) < 4.78 is 56.7. The van der Waals surface area contributed by atoms with Crippen molar-refractivity contribution in [1.82, 2.24) is 9.62 Å². The van der Waals surface area contributed by atoms with E-state index >= 15 is 0 Å². The van der Waals surface area contributed by atoms with Gasteiger partial charge < -0.3 is 10.1 Å². The molecular formula is C23H33N3O6S2. The first kappa shape index (κ1) is 27.6. The maximum atomic E-state index is 12.4. The van der Waals surface area contributed by atoms with Gasteiger partial charge in [-0.3, -0.25) is 9.10 Å². The topological polar surface area (TPSA) is 113 Å². The SMILES string of the molecule is CC(C)Oc1cccc(CCCNC(=O)CN(c2ccc(S(=O)(=O)N(C)C)cc2)S(C)(=O)=O)c1. The molecule has 2 aromatic rings. The van der Waals surface area contributed by atoms with Crippen LogP contribution in [0.5, 0.6) is 5.75 Å². The summed E-state index contributed by atoms with van der Waals surface area (Å²) in [6, 6.07) is 13.1. The summed E-state index contributed by atoms with van der Waals surface area (Å²) in [4.78, 5) is 12.5. The van der Waals surface area contributed by atoms with Crippen LogP contribution in [0, 0.1) is 0 Å².